The lowest BCUT2D eigenvalue weighted by Gasteiger charge is -2.32. The molecule has 27 heavy (non-hydrogen) atoms. The average molecular weight is 380 g/mol. The number of halogens is 1. The highest BCUT2D eigenvalue weighted by Gasteiger charge is 2.23. The van der Waals surface area contributed by atoms with Crippen molar-refractivity contribution < 1.29 is 14.3 Å². The van der Waals surface area contributed by atoms with Crippen LogP contribution in [0.4, 0.5) is 10.2 Å². The highest BCUT2D eigenvalue weighted by Crippen LogP contribution is 2.24. The Balaban J connectivity index is 0.000000199. The molecular weight excluding hydrogens is 345 g/mol. The van der Waals surface area contributed by atoms with Crippen LogP contribution >= 0.6 is 0 Å². The first-order valence-corrected chi connectivity index (χ1v) is 10.2. The fourth-order valence-corrected chi connectivity index (χ4v) is 3.94. The van der Waals surface area contributed by atoms with Crippen molar-refractivity contribution in [2.24, 2.45) is 5.92 Å². The summed E-state index contributed by atoms with van der Waals surface area (Å²) in [5, 5.41) is 9.25. The Bertz CT molecular complexity index is 591. The number of aliphatic hydroxyl groups is 1. The summed E-state index contributed by atoms with van der Waals surface area (Å²) in [6.07, 6.45) is 8.44. The molecule has 0 aromatic carbocycles. The van der Waals surface area contributed by atoms with E-state index >= 15 is 0 Å². The molecule has 1 aliphatic carbocycles. The van der Waals surface area contributed by atoms with Crippen molar-refractivity contribution in [1.29, 1.82) is 0 Å². The molecule has 1 unspecified atom stereocenters. The van der Waals surface area contributed by atoms with Crippen molar-refractivity contribution >= 4 is 12.2 Å². The van der Waals surface area contributed by atoms with Gasteiger partial charge in [-0.3, -0.25) is 4.79 Å². The van der Waals surface area contributed by atoms with E-state index in [4.69, 9.17) is 0 Å². The van der Waals surface area contributed by atoms with Gasteiger partial charge in [-0.1, -0.05) is 6.92 Å². The first kappa shape index (κ1) is 21.6. The van der Waals surface area contributed by atoms with Crippen LogP contribution in [0.2, 0.25) is 0 Å². The highest BCUT2D eigenvalue weighted by molar-refractivity contribution is 5.47. The van der Waals surface area contributed by atoms with Crippen molar-refractivity contribution in [1.82, 2.24) is 9.88 Å². The molecule has 0 bridgehead atoms. The van der Waals surface area contributed by atoms with Crippen LogP contribution in [-0.2, 0) is 4.79 Å². The number of rotatable bonds is 4. The Kier molecular flexibility index (Phi) is 8.48. The largest absolute Gasteiger partial charge is 0.393 e. The summed E-state index contributed by atoms with van der Waals surface area (Å²) in [7, 11) is 0. The molecule has 2 aliphatic rings. The van der Waals surface area contributed by atoms with Crippen LogP contribution in [0.3, 0.4) is 0 Å². The second kappa shape index (κ2) is 10.6. The molecule has 2 heterocycles. The molecule has 1 amide bonds. The van der Waals surface area contributed by atoms with Crippen LogP contribution in [-0.4, -0.2) is 53.2 Å². The lowest BCUT2D eigenvalue weighted by molar-refractivity contribution is -0.121. The second-order valence-corrected chi connectivity index (χ2v) is 7.86. The SMILES string of the molecule is CCN(C=O)C1CCC(O)CC1.Cc1ccnc(N2CCCC(C)C2)c1F. The van der Waals surface area contributed by atoms with Gasteiger partial charge in [0.15, 0.2) is 11.6 Å². The zero-order valence-electron chi connectivity index (χ0n) is 16.9. The van der Waals surface area contributed by atoms with Gasteiger partial charge in [-0.2, -0.15) is 0 Å². The van der Waals surface area contributed by atoms with E-state index in [1.807, 2.05) is 11.8 Å². The Morgan fingerprint density at radius 2 is 2.04 bits per heavy atom. The summed E-state index contributed by atoms with van der Waals surface area (Å²) in [4.78, 5) is 18.6. The summed E-state index contributed by atoms with van der Waals surface area (Å²) >= 11 is 0. The molecule has 1 aromatic heterocycles. The molecule has 3 rings (SSSR count). The third-order valence-electron chi connectivity index (χ3n) is 5.66. The van der Waals surface area contributed by atoms with E-state index < -0.39 is 0 Å². The van der Waals surface area contributed by atoms with Gasteiger partial charge in [-0.15, -0.1) is 0 Å². The van der Waals surface area contributed by atoms with Gasteiger partial charge in [0.2, 0.25) is 6.41 Å². The third kappa shape index (κ3) is 6.16. The third-order valence-corrected chi connectivity index (χ3v) is 5.66. The van der Waals surface area contributed by atoms with Crippen LogP contribution in [0.15, 0.2) is 12.3 Å². The number of nitrogens with zero attached hydrogens (tertiary/aromatic N) is 3. The lowest BCUT2D eigenvalue weighted by Crippen LogP contribution is -2.37. The summed E-state index contributed by atoms with van der Waals surface area (Å²) in [6, 6.07) is 2.09. The highest BCUT2D eigenvalue weighted by atomic mass is 19.1. The number of pyridine rings is 1. The summed E-state index contributed by atoms with van der Waals surface area (Å²) in [5.74, 6) is 1.01. The van der Waals surface area contributed by atoms with Crippen LogP contribution in [0.25, 0.3) is 0 Å². The van der Waals surface area contributed by atoms with Crippen LogP contribution in [0.1, 0.15) is 57.9 Å². The van der Waals surface area contributed by atoms with E-state index in [2.05, 4.69) is 16.8 Å². The van der Waals surface area contributed by atoms with Crippen molar-refractivity contribution in [3.05, 3.63) is 23.6 Å². The molecule has 1 atom stereocenters. The Morgan fingerprint density at radius 1 is 1.33 bits per heavy atom. The quantitative estimate of drug-likeness (QED) is 0.813. The smallest absolute Gasteiger partial charge is 0.209 e. The van der Waals surface area contributed by atoms with Gasteiger partial charge >= 0.3 is 0 Å². The molecule has 1 aromatic rings. The Labute approximate surface area is 162 Å². The van der Waals surface area contributed by atoms with E-state index in [1.165, 1.54) is 6.42 Å². The van der Waals surface area contributed by atoms with Gasteiger partial charge in [-0.05, 0) is 69.9 Å². The predicted molar refractivity (Wildman–Crippen MR) is 106 cm³/mol. The number of aryl methyl sites for hydroxylation is 1. The maximum absolute atomic E-state index is 13.8. The molecule has 152 valence electrons. The number of aromatic nitrogens is 1. The Morgan fingerprint density at radius 3 is 2.63 bits per heavy atom. The number of hydrogen-bond donors (Lipinski definition) is 1. The van der Waals surface area contributed by atoms with Gasteiger partial charge in [-0.25, -0.2) is 9.37 Å². The van der Waals surface area contributed by atoms with Gasteiger partial charge in [0, 0.05) is 31.9 Å². The first-order chi connectivity index (χ1) is 13.0. The predicted octanol–water partition coefficient (Wildman–Crippen LogP) is 3.53. The fraction of sp³-hybridized carbons (Fsp3) is 0.714. The fourth-order valence-electron chi connectivity index (χ4n) is 3.94. The van der Waals surface area contributed by atoms with Gasteiger partial charge in [0.1, 0.15) is 0 Å². The number of carbonyl (C=O) groups is 1. The normalized spacial score (nSPS) is 25.4. The number of hydrogen-bond acceptors (Lipinski definition) is 4. The van der Waals surface area contributed by atoms with Crippen LogP contribution in [0.5, 0.6) is 0 Å². The summed E-state index contributed by atoms with van der Waals surface area (Å²) < 4.78 is 13.8. The number of aliphatic hydroxyl groups excluding tert-OH is 1. The Hall–Kier alpha value is -1.69. The van der Waals surface area contributed by atoms with Crippen LogP contribution in [0, 0.1) is 18.7 Å². The summed E-state index contributed by atoms with van der Waals surface area (Å²) in [6.45, 7) is 8.61. The minimum absolute atomic E-state index is 0.133. The molecule has 1 aliphatic heterocycles. The van der Waals surface area contributed by atoms with Gasteiger partial charge < -0.3 is 14.9 Å². The molecule has 2 fully saturated rings. The minimum atomic E-state index is -0.161. The van der Waals surface area contributed by atoms with Gasteiger partial charge in [0.05, 0.1) is 6.10 Å². The zero-order valence-corrected chi connectivity index (χ0v) is 16.9. The average Bonchev–Trinajstić information content (AvgIpc) is 2.67. The van der Waals surface area contributed by atoms with E-state index in [9.17, 15) is 14.3 Å². The molecule has 1 saturated heterocycles. The molecule has 0 radical (unpaired) electrons. The van der Waals surface area contributed by atoms with E-state index in [1.54, 1.807) is 19.2 Å². The van der Waals surface area contributed by atoms with Crippen molar-refractivity contribution in [3.63, 3.8) is 0 Å². The standard InChI is InChI=1S/C12H17FN2.C9H17NO2/c1-9-4-3-7-15(8-9)12-11(13)10(2)5-6-14-12;1-2-10(7-11)8-3-5-9(12)6-4-8/h5-6,9H,3-4,7-8H2,1-2H3;7-9,12H,2-6H2,1H3. The van der Waals surface area contributed by atoms with E-state index in [-0.39, 0.29) is 11.9 Å². The van der Waals surface area contributed by atoms with Gasteiger partial charge in [0.25, 0.3) is 0 Å². The van der Waals surface area contributed by atoms with E-state index in [0.717, 1.165) is 58.1 Å². The number of anilines is 1. The first-order valence-electron chi connectivity index (χ1n) is 10.2. The molecule has 1 N–H and O–H groups in total. The molecule has 1 saturated carbocycles. The maximum Gasteiger partial charge on any atom is 0.209 e. The summed E-state index contributed by atoms with van der Waals surface area (Å²) in [5.41, 5.74) is 0.679. The minimum Gasteiger partial charge on any atom is -0.393 e. The molecule has 5 nitrogen and oxygen atoms in total. The monoisotopic (exact) mass is 379 g/mol. The molecular formula is C21H34FN3O2. The molecule has 0 spiro atoms. The number of amides is 1. The topological polar surface area (TPSA) is 56.7 Å². The van der Waals surface area contributed by atoms with Crippen LogP contribution < -0.4 is 4.90 Å². The van der Waals surface area contributed by atoms with Crippen molar-refractivity contribution in [2.45, 2.75) is 71.4 Å². The lowest BCUT2D eigenvalue weighted by atomic mass is 9.92. The maximum atomic E-state index is 13.8. The molecule has 6 heteroatoms. The van der Waals surface area contributed by atoms with Crippen molar-refractivity contribution in [2.75, 3.05) is 24.5 Å². The zero-order chi connectivity index (χ0) is 19.8. The van der Waals surface area contributed by atoms with E-state index in [0.29, 0.717) is 23.3 Å². The number of piperidine rings is 1. The number of carbonyl (C=O) groups excluding carboxylic acids is 1. The van der Waals surface area contributed by atoms with Crippen molar-refractivity contribution in [3.8, 4) is 0 Å². The second-order valence-electron chi connectivity index (χ2n) is 7.86.